The monoisotopic (exact) mass is 544 g/mol. The van der Waals surface area contributed by atoms with Crippen LogP contribution in [0.15, 0.2) is 73.7 Å². The lowest BCUT2D eigenvalue weighted by Crippen LogP contribution is -2.43. The number of pyridine rings is 3. The van der Waals surface area contributed by atoms with Gasteiger partial charge in [0.25, 0.3) is 0 Å². The van der Waals surface area contributed by atoms with Crippen molar-refractivity contribution in [1.29, 1.82) is 5.26 Å². The van der Waals surface area contributed by atoms with E-state index < -0.39 is 17.4 Å². The predicted molar refractivity (Wildman–Crippen MR) is 141 cm³/mol. The van der Waals surface area contributed by atoms with Gasteiger partial charge in [-0.1, -0.05) is 16.8 Å². The fourth-order valence-corrected chi connectivity index (χ4v) is 4.29. The third-order valence-electron chi connectivity index (χ3n) is 5.83. The predicted octanol–water partition coefficient (Wildman–Crippen LogP) is 3.90. The van der Waals surface area contributed by atoms with Gasteiger partial charge in [0, 0.05) is 30.4 Å². The number of nitrogens with one attached hydrogen (secondary N) is 2. The van der Waals surface area contributed by atoms with Crippen molar-refractivity contribution in [2.24, 2.45) is 0 Å². The van der Waals surface area contributed by atoms with Gasteiger partial charge >= 0.3 is 11.5 Å². The Balaban J connectivity index is 1.71. The first kappa shape index (κ1) is 25.4. The molecule has 0 aromatic carbocycles. The molecule has 194 valence electrons. The van der Waals surface area contributed by atoms with Crippen LogP contribution in [-0.2, 0) is 0 Å². The quantitative estimate of drug-likeness (QED) is 0.123. The maximum Gasteiger partial charge on any atom is 0.439 e. The zero-order valence-electron chi connectivity index (χ0n) is 20.5. The second kappa shape index (κ2) is 10.2. The van der Waals surface area contributed by atoms with Crippen molar-refractivity contribution in [2.75, 3.05) is 5.32 Å². The van der Waals surface area contributed by atoms with E-state index in [2.05, 4.69) is 29.9 Å². The molecule has 5 rings (SSSR count). The Morgan fingerprint density at radius 2 is 2.15 bits per heavy atom. The van der Waals surface area contributed by atoms with Crippen molar-refractivity contribution < 1.29 is 18.6 Å². The van der Waals surface area contributed by atoms with Crippen molar-refractivity contribution >= 4 is 34.0 Å². The first-order valence-electron chi connectivity index (χ1n) is 11.5. The zero-order valence-corrected chi connectivity index (χ0v) is 21.2. The number of nitriles is 1. The molecule has 0 aliphatic heterocycles. The van der Waals surface area contributed by atoms with Crippen molar-refractivity contribution in [1.82, 2.24) is 20.1 Å². The van der Waals surface area contributed by atoms with Crippen LogP contribution in [-0.4, -0.2) is 25.2 Å². The molecule has 0 aliphatic carbocycles. The van der Waals surface area contributed by atoms with Gasteiger partial charge in [0.1, 0.15) is 27.9 Å². The van der Waals surface area contributed by atoms with E-state index in [1.165, 1.54) is 6.20 Å². The van der Waals surface area contributed by atoms with Gasteiger partial charge in [-0.2, -0.15) is 5.26 Å². The number of fused-ring (bicyclic) bond motifs is 1. The summed E-state index contributed by atoms with van der Waals surface area (Å²) >= 11 is 6.09. The highest BCUT2D eigenvalue weighted by atomic mass is 35.5. The van der Waals surface area contributed by atoms with E-state index in [4.69, 9.17) is 16.0 Å². The van der Waals surface area contributed by atoms with Crippen molar-refractivity contribution in [3.8, 4) is 28.9 Å². The van der Waals surface area contributed by atoms with Gasteiger partial charge in [-0.05, 0) is 37.3 Å². The average Bonchev–Trinajstić information content (AvgIpc) is 3.37. The number of nitrogens with zero attached hydrogens (tertiary/aromatic N) is 5. The maximum absolute atomic E-state index is 13.8. The Morgan fingerprint density at radius 3 is 2.82 bits per heavy atom. The van der Waals surface area contributed by atoms with E-state index in [0.717, 1.165) is 5.56 Å². The summed E-state index contributed by atoms with van der Waals surface area (Å²) in [6.45, 7) is 3.62. The summed E-state index contributed by atoms with van der Waals surface area (Å²) in [5, 5.41) is 26.7. The second-order valence-corrected chi connectivity index (χ2v) is 8.86. The smallest absolute Gasteiger partial charge is 0.439 e. The minimum Gasteiger partial charge on any atom is -0.514 e. The van der Waals surface area contributed by atoms with Crippen molar-refractivity contribution in [3.05, 3.63) is 92.2 Å². The largest absolute Gasteiger partial charge is 0.514 e. The molecule has 0 spiro atoms. The van der Waals surface area contributed by atoms with Gasteiger partial charge in [0.05, 0.1) is 17.5 Å². The number of hydrogen-bond acceptors (Lipinski definition) is 10. The summed E-state index contributed by atoms with van der Waals surface area (Å²) in [7, 11) is 0. The van der Waals surface area contributed by atoms with E-state index in [-0.39, 0.29) is 44.7 Å². The number of rotatable bonds is 6. The molecule has 0 radical (unpaired) electrons. The molecule has 12 nitrogen and oxygen atoms in total. The molecule has 0 saturated carbocycles. The Bertz CT molecular complexity index is 1900. The number of aliphatic hydroxyl groups is 1. The standard InChI is InChI=1S/C26H18ClN7O5/c1-13-8-17-22(36)20(16(9-28)12-35)23(15-4-3-7-29-10-15)38-25(17)34(11-13)14(2)30-18-5-6-19(27)31-21(18)24-32-26(37)39-33-24/h3-8,10-12,14H,1-2H3,(H2-,30,32,33,35,37)/p+1/b16-12+/t14-/m0/s1. The SMILES string of the molecule is Cc1cc2c(=O)c(/C(C#N)=C/O)c(-c3cccnc3)oc2[n+]([C@@H](C)Nc2ccc(Cl)nc2-c2noc(=O)[nH]2)c1. The van der Waals surface area contributed by atoms with E-state index in [0.29, 0.717) is 17.5 Å². The van der Waals surface area contributed by atoms with Gasteiger partial charge in [0.2, 0.25) is 17.4 Å². The van der Waals surface area contributed by atoms with Crippen LogP contribution < -0.4 is 21.1 Å². The third kappa shape index (κ3) is 4.74. The number of hydrogen-bond donors (Lipinski definition) is 3. The summed E-state index contributed by atoms with van der Waals surface area (Å²) in [6, 6.07) is 10.1. The van der Waals surface area contributed by atoms with Crippen LogP contribution in [0.3, 0.4) is 0 Å². The minimum atomic E-state index is -0.751. The molecule has 5 aromatic rings. The summed E-state index contributed by atoms with van der Waals surface area (Å²) in [5.74, 6) is -0.605. The fourth-order valence-electron chi connectivity index (χ4n) is 4.14. The van der Waals surface area contributed by atoms with Crippen molar-refractivity contribution in [3.63, 3.8) is 0 Å². The number of aromatic nitrogens is 5. The van der Waals surface area contributed by atoms with Crippen LogP contribution in [0, 0.1) is 18.3 Å². The maximum atomic E-state index is 13.8. The first-order chi connectivity index (χ1) is 18.8. The van der Waals surface area contributed by atoms with E-state index in [1.54, 1.807) is 54.2 Å². The zero-order chi connectivity index (χ0) is 27.7. The lowest BCUT2D eigenvalue weighted by molar-refractivity contribution is -0.695. The number of aliphatic hydroxyl groups excluding tert-OH is 1. The highest BCUT2D eigenvalue weighted by molar-refractivity contribution is 6.29. The van der Waals surface area contributed by atoms with E-state index >= 15 is 0 Å². The number of allylic oxidation sites excluding steroid dienone is 1. The molecular weight excluding hydrogens is 526 g/mol. The molecule has 0 fully saturated rings. The Morgan fingerprint density at radius 1 is 1.33 bits per heavy atom. The molecule has 13 heteroatoms. The van der Waals surface area contributed by atoms with Crippen LogP contribution in [0.1, 0.15) is 24.2 Å². The minimum absolute atomic E-state index is 0.0706. The van der Waals surface area contributed by atoms with Crippen LogP contribution in [0.4, 0.5) is 5.69 Å². The van der Waals surface area contributed by atoms with Gasteiger partial charge in [0.15, 0.2) is 12.0 Å². The summed E-state index contributed by atoms with van der Waals surface area (Å²) in [4.78, 5) is 36.1. The first-order valence-corrected chi connectivity index (χ1v) is 11.9. The van der Waals surface area contributed by atoms with Gasteiger partial charge in [-0.15, -0.1) is 4.57 Å². The molecule has 0 aliphatic rings. The lowest BCUT2D eigenvalue weighted by Gasteiger charge is -2.15. The molecule has 1 atom stereocenters. The van der Waals surface area contributed by atoms with Crippen molar-refractivity contribution in [2.45, 2.75) is 20.0 Å². The highest BCUT2D eigenvalue weighted by Crippen LogP contribution is 2.30. The highest BCUT2D eigenvalue weighted by Gasteiger charge is 2.28. The Labute approximate surface area is 224 Å². The molecular formula is C26H19ClN7O5+. The number of aromatic amines is 1. The lowest BCUT2D eigenvalue weighted by atomic mass is 10.0. The van der Waals surface area contributed by atoms with Crippen LogP contribution in [0.5, 0.6) is 0 Å². The number of aryl methyl sites for hydroxylation is 1. The number of H-pyrrole nitrogens is 1. The van der Waals surface area contributed by atoms with Crippen LogP contribution in [0.25, 0.3) is 39.5 Å². The second-order valence-electron chi connectivity index (χ2n) is 8.47. The van der Waals surface area contributed by atoms with Gasteiger partial charge < -0.3 is 14.8 Å². The van der Waals surface area contributed by atoms with E-state index in [1.807, 2.05) is 13.0 Å². The summed E-state index contributed by atoms with van der Waals surface area (Å²) in [5.41, 5.74) is 1.22. The number of anilines is 1. The molecule has 5 aromatic heterocycles. The van der Waals surface area contributed by atoms with Crippen LogP contribution >= 0.6 is 11.6 Å². The van der Waals surface area contributed by atoms with E-state index in [9.17, 15) is 20.0 Å². The van der Waals surface area contributed by atoms with Gasteiger partial charge in [-0.25, -0.2) is 9.78 Å². The molecule has 0 saturated heterocycles. The Hall–Kier alpha value is -5.28. The van der Waals surface area contributed by atoms with Gasteiger partial charge in [-0.3, -0.25) is 19.3 Å². The summed E-state index contributed by atoms with van der Waals surface area (Å²) < 4.78 is 12.6. The molecule has 0 bridgehead atoms. The average molecular weight is 545 g/mol. The van der Waals surface area contributed by atoms with Crippen LogP contribution in [0.2, 0.25) is 5.15 Å². The molecule has 5 heterocycles. The number of halogens is 1. The normalized spacial score (nSPS) is 12.3. The molecule has 0 amide bonds. The molecule has 3 N–H and O–H groups in total. The third-order valence-corrected chi connectivity index (χ3v) is 6.04. The molecule has 39 heavy (non-hydrogen) atoms. The summed E-state index contributed by atoms with van der Waals surface area (Å²) in [6.07, 6.45) is 4.86. The molecule has 0 unspecified atom stereocenters. The Kier molecular flexibility index (Phi) is 6.66. The fraction of sp³-hybridized carbons (Fsp3) is 0.115. The topological polar surface area (TPSA) is 175 Å².